The number of halogens is 5. The molecule has 0 aliphatic heterocycles. The van der Waals surface area contributed by atoms with Gasteiger partial charge in [0.25, 0.3) is 0 Å². The highest BCUT2D eigenvalue weighted by Crippen LogP contribution is 2.46. The number of hydrogen-bond donors (Lipinski definition) is 0. The van der Waals surface area contributed by atoms with Crippen LogP contribution in [-0.2, 0) is 17.0 Å². The number of rotatable bonds is 3. The Morgan fingerprint density at radius 1 is 0.442 bits per heavy atom. The maximum atomic E-state index is 16.0. The van der Waals surface area contributed by atoms with E-state index in [0.29, 0.717) is 22.1 Å². The van der Waals surface area contributed by atoms with E-state index in [1.54, 1.807) is 21.3 Å². The van der Waals surface area contributed by atoms with Crippen LogP contribution in [0.4, 0.5) is 22.0 Å². The second kappa shape index (κ2) is 11.5. The molecule has 0 radical (unpaired) electrons. The number of aromatic nitrogens is 2. The van der Waals surface area contributed by atoms with Gasteiger partial charge >= 0.3 is 6.18 Å². The monoisotopic (exact) mass is 700 g/mol. The summed E-state index contributed by atoms with van der Waals surface area (Å²) in [5, 5.41) is 3.21. The molecule has 0 bridgehead atoms. The maximum Gasteiger partial charge on any atom is 0.418 e. The minimum Gasteiger partial charge on any atom is -0.309 e. The van der Waals surface area contributed by atoms with Crippen molar-refractivity contribution >= 4 is 43.6 Å². The fourth-order valence-electron chi connectivity index (χ4n) is 7.53. The van der Waals surface area contributed by atoms with Crippen LogP contribution in [0, 0.1) is 11.6 Å². The summed E-state index contributed by atoms with van der Waals surface area (Å²) in [6.45, 7) is 12.5. The first-order valence-electron chi connectivity index (χ1n) is 17.3. The number of fused-ring (bicyclic) bond motifs is 6. The highest BCUT2D eigenvalue weighted by Gasteiger charge is 2.37. The molecule has 0 aliphatic carbocycles. The first kappa shape index (κ1) is 33.7. The van der Waals surface area contributed by atoms with Crippen molar-refractivity contribution in [2.24, 2.45) is 0 Å². The van der Waals surface area contributed by atoms with E-state index in [9.17, 15) is 0 Å². The van der Waals surface area contributed by atoms with Crippen molar-refractivity contribution in [2.75, 3.05) is 0 Å². The fourth-order valence-corrected chi connectivity index (χ4v) is 7.53. The van der Waals surface area contributed by atoms with Gasteiger partial charge in [-0.1, -0.05) is 96.1 Å². The van der Waals surface area contributed by atoms with E-state index in [-0.39, 0.29) is 27.8 Å². The van der Waals surface area contributed by atoms with Gasteiger partial charge in [0.2, 0.25) is 0 Å². The molecule has 262 valence electrons. The lowest BCUT2D eigenvalue weighted by Gasteiger charge is -2.23. The van der Waals surface area contributed by atoms with Crippen molar-refractivity contribution in [1.29, 1.82) is 0 Å². The lowest BCUT2D eigenvalue weighted by atomic mass is 9.86. The SMILES string of the molecule is CC(C)(C)c1ccc2c(c1)c1ccccc1n2-c1cc(C(F)(F)F)c(-n2c3ccccc3c3cc(C(C)(C)C)ccc32)cc1-c1c(F)cccc1F. The fraction of sp³-hybridized carbons (Fsp3) is 0.200. The van der Waals surface area contributed by atoms with E-state index in [0.717, 1.165) is 50.9 Å². The third kappa shape index (κ3) is 5.28. The van der Waals surface area contributed by atoms with Gasteiger partial charge < -0.3 is 9.13 Å². The quantitative estimate of drug-likeness (QED) is 0.162. The van der Waals surface area contributed by atoms with Crippen molar-refractivity contribution in [1.82, 2.24) is 9.13 Å². The number of para-hydroxylation sites is 2. The Kier molecular flexibility index (Phi) is 7.48. The van der Waals surface area contributed by atoms with Crippen LogP contribution in [0.25, 0.3) is 66.1 Å². The standard InChI is InChI=1S/C45H37F5N2/c1-43(2,3)26-18-20-38-30(22-26)28-12-7-9-16-36(28)51(38)40-25-33(45(48,49)50)41(24-32(40)42-34(46)14-11-15-35(42)47)52-37-17-10-8-13-29(37)31-23-27(44(4,5)6)19-21-39(31)52/h7-25H,1-6H3. The van der Waals surface area contributed by atoms with Crippen LogP contribution in [0.2, 0.25) is 0 Å². The van der Waals surface area contributed by atoms with Crippen molar-refractivity contribution in [2.45, 2.75) is 58.5 Å². The molecule has 0 N–H and O–H groups in total. The van der Waals surface area contributed by atoms with E-state index in [1.807, 2.05) is 66.7 Å². The van der Waals surface area contributed by atoms with Gasteiger partial charge in [0, 0.05) is 27.1 Å². The molecule has 8 rings (SSSR count). The average Bonchev–Trinajstić information content (AvgIpc) is 3.59. The Hall–Kier alpha value is -5.43. The highest BCUT2D eigenvalue weighted by atomic mass is 19.4. The molecule has 7 heteroatoms. The molecule has 0 aliphatic rings. The lowest BCUT2D eigenvalue weighted by Crippen LogP contribution is -2.14. The number of nitrogens with zero attached hydrogens (tertiary/aromatic N) is 2. The Morgan fingerprint density at radius 2 is 0.885 bits per heavy atom. The van der Waals surface area contributed by atoms with Crippen LogP contribution in [-0.4, -0.2) is 9.13 Å². The van der Waals surface area contributed by atoms with E-state index >= 15 is 22.0 Å². The van der Waals surface area contributed by atoms with Gasteiger partial charge in [-0.05, 0) is 82.6 Å². The van der Waals surface area contributed by atoms with Gasteiger partial charge in [-0.3, -0.25) is 0 Å². The zero-order valence-electron chi connectivity index (χ0n) is 29.8. The molecule has 2 aromatic heterocycles. The molecule has 8 aromatic rings. The van der Waals surface area contributed by atoms with Crippen molar-refractivity contribution < 1.29 is 22.0 Å². The molecule has 0 atom stereocenters. The molecule has 0 amide bonds. The summed E-state index contributed by atoms with van der Waals surface area (Å²) < 4.78 is 82.1. The summed E-state index contributed by atoms with van der Waals surface area (Å²) in [5.41, 5.74) is 2.49. The zero-order chi connectivity index (χ0) is 36.9. The third-order valence-electron chi connectivity index (χ3n) is 10.2. The largest absolute Gasteiger partial charge is 0.418 e. The summed E-state index contributed by atoms with van der Waals surface area (Å²) in [7, 11) is 0. The van der Waals surface area contributed by atoms with Gasteiger partial charge in [0.1, 0.15) is 11.6 Å². The van der Waals surface area contributed by atoms with Gasteiger partial charge in [-0.15, -0.1) is 0 Å². The van der Waals surface area contributed by atoms with E-state index in [4.69, 9.17) is 0 Å². The second-order valence-corrected chi connectivity index (χ2v) is 15.6. The van der Waals surface area contributed by atoms with Crippen LogP contribution in [0.3, 0.4) is 0 Å². The van der Waals surface area contributed by atoms with Crippen molar-refractivity contribution in [3.8, 4) is 22.5 Å². The Balaban J connectivity index is 1.55. The third-order valence-corrected chi connectivity index (χ3v) is 10.2. The predicted molar refractivity (Wildman–Crippen MR) is 203 cm³/mol. The molecular formula is C45H37F5N2. The predicted octanol–water partition coefficient (Wildman–Crippen LogP) is 13.4. The molecule has 0 unspecified atom stereocenters. The second-order valence-electron chi connectivity index (χ2n) is 15.6. The maximum absolute atomic E-state index is 16.0. The molecule has 0 spiro atoms. The molecule has 6 aromatic carbocycles. The topological polar surface area (TPSA) is 9.86 Å². The first-order chi connectivity index (χ1) is 24.5. The summed E-state index contributed by atoms with van der Waals surface area (Å²) >= 11 is 0. The van der Waals surface area contributed by atoms with Crippen molar-refractivity contribution in [3.05, 3.63) is 144 Å². The Bertz CT molecular complexity index is 2690. The zero-order valence-corrected chi connectivity index (χ0v) is 29.8. The first-order valence-corrected chi connectivity index (χ1v) is 17.3. The molecule has 2 heterocycles. The van der Waals surface area contributed by atoms with Crippen LogP contribution in [0.1, 0.15) is 58.2 Å². The van der Waals surface area contributed by atoms with Gasteiger partial charge in [0.15, 0.2) is 0 Å². The Morgan fingerprint density at radius 3 is 1.35 bits per heavy atom. The number of hydrogen-bond acceptors (Lipinski definition) is 0. The highest BCUT2D eigenvalue weighted by molar-refractivity contribution is 6.11. The van der Waals surface area contributed by atoms with E-state index < -0.39 is 28.9 Å². The molecular weight excluding hydrogens is 663 g/mol. The van der Waals surface area contributed by atoms with Gasteiger partial charge in [-0.25, -0.2) is 8.78 Å². The van der Waals surface area contributed by atoms with Gasteiger partial charge in [0.05, 0.1) is 44.6 Å². The number of alkyl halides is 3. The van der Waals surface area contributed by atoms with Crippen LogP contribution < -0.4 is 0 Å². The summed E-state index contributed by atoms with van der Waals surface area (Å²) in [6.07, 6.45) is -4.84. The molecule has 0 saturated heterocycles. The lowest BCUT2D eigenvalue weighted by molar-refractivity contribution is -0.137. The Labute approximate surface area is 298 Å². The van der Waals surface area contributed by atoms with Crippen LogP contribution in [0.15, 0.2) is 115 Å². The van der Waals surface area contributed by atoms with Crippen molar-refractivity contribution in [3.63, 3.8) is 0 Å². The molecule has 0 fully saturated rings. The normalized spacial score (nSPS) is 12.9. The van der Waals surface area contributed by atoms with Gasteiger partial charge in [-0.2, -0.15) is 13.2 Å². The molecule has 0 saturated carbocycles. The molecule has 52 heavy (non-hydrogen) atoms. The van der Waals surface area contributed by atoms with Crippen LogP contribution in [0.5, 0.6) is 0 Å². The van der Waals surface area contributed by atoms with E-state index in [1.165, 1.54) is 12.1 Å². The summed E-state index contributed by atoms with van der Waals surface area (Å²) in [6, 6.07) is 32.4. The minimum absolute atomic E-state index is 0.00149. The number of benzene rings is 6. The molecule has 2 nitrogen and oxygen atoms in total. The summed E-state index contributed by atoms with van der Waals surface area (Å²) in [4.78, 5) is 0. The van der Waals surface area contributed by atoms with Crippen LogP contribution >= 0.6 is 0 Å². The smallest absolute Gasteiger partial charge is 0.309 e. The average molecular weight is 701 g/mol. The minimum atomic E-state index is -4.84. The van der Waals surface area contributed by atoms with E-state index in [2.05, 4.69) is 47.6 Å². The summed E-state index contributed by atoms with van der Waals surface area (Å²) in [5.74, 6) is -1.75.